The minimum absolute atomic E-state index is 0.0586. The van der Waals surface area contributed by atoms with Gasteiger partial charge in [-0.05, 0) is 56.2 Å². The molecule has 0 amide bonds. The zero-order valence-corrected chi connectivity index (χ0v) is 19.9. The minimum Gasteiger partial charge on any atom is -0.383 e. The average molecular weight is 480 g/mol. The van der Waals surface area contributed by atoms with E-state index in [9.17, 15) is 4.79 Å². The SMILES string of the molecule is Nc1nc(CSc2nc3sc4c(c3c(=O)n2CC2CCCO2)CCCC4)nc2ccccc12. The lowest BCUT2D eigenvalue weighted by Crippen LogP contribution is -2.29. The first-order valence-electron chi connectivity index (χ1n) is 11.5. The number of anilines is 1. The van der Waals surface area contributed by atoms with Crippen LogP contribution in [0.2, 0.25) is 0 Å². The number of fused-ring (bicyclic) bond motifs is 4. The van der Waals surface area contributed by atoms with E-state index in [2.05, 4.69) is 9.97 Å². The lowest BCUT2D eigenvalue weighted by Gasteiger charge is -2.16. The second-order valence-corrected chi connectivity index (χ2v) is 10.7. The van der Waals surface area contributed by atoms with Crippen LogP contribution < -0.4 is 11.3 Å². The van der Waals surface area contributed by atoms with Crippen LogP contribution in [0.4, 0.5) is 5.82 Å². The summed E-state index contributed by atoms with van der Waals surface area (Å²) >= 11 is 3.18. The first-order valence-corrected chi connectivity index (χ1v) is 13.3. The molecule has 3 aromatic heterocycles. The van der Waals surface area contributed by atoms with E-state index >= 15 is 0 Å². The fourth-order valence-electron chi connectivity index (χ4n) is 4.83. The Morgan fingerprint density at radius 3 is 2.91 bits per heavy atom. The molecule has 0 spiro atoms. The van der Waals surface area contributed by atoms with Crippen LogP contribution in [-0.4, -0.2) is 32.2 Å². The van der Waals surface area contributed by atoms with Crippen molar-refractivity contribution in [2.75, 3.05) is 12.3 Å². The molecule has 4 heterocycles. The highest BCUT2D eigenvalue weighted by Crippen LogP contribution is 2.35. The Hall–Kier alpha value is -2.49. The number of nitrogens with two attached hydrogens (primary N) is 1. The number of thioether (sulfide) groups is 1. The van der Waals surface area contributed by atoms with Gasteiger partial charge in [-0.25, -0.2) is 15.0 Å². The summed E-state index contributed by atoms with van der Waals surface area (Å²) < 4.78 is 7.69. The summed E-state index contributed by atoms with van der Waals surface area (Å²) in [6, 6.07) is 7.74. The second kappa shape index (κ2) is 8.70. The highest BCUT2D eigenvalue weighted by atomic mass is 32.2. The van der Waals surface area contributed by atoms with Gasteiger partial charge < -0.3 is 10.5 Å². The van der Waals surface area contributed by atoms with Crippen LogP contribution in [0.25, 0.3) is 21.1 Å². The Balaban J connectivity index is 1.39. The molecule has 170 valence electrons. The number of nitrogen functional groups attached to an aromatic ring is 1. The largest absolute Gasteiger partial charge is 0.383 e. The molecular weight excluding hydrogens is 454 g/mol. The molecule has 9 heteroatoms. The van der Waals surface area contributed by atoms with Crippen molar-refractivity contribution in [1.29, 1.82) is 0 Å². The minimum atomic E-state index is 0.0586. The van der Waals surface area contributed by atoms with Gasteiger partial charge in [0.1, 0.15) is 16.5 Å². The maximum Gasteiger partial charge on any atom is 0.263 e. The van der Waals surface area contributed by atoms with Crippen molar-refractivity contribution in [2.24, 2.45) is 0 Å². The monoisotopic (exact) mass is 479 g/mol. The highest BCUT2D eigenvalue weighted by Gasteiger charge is 2.25. The lowest BCUT2D eigenvalue weighted by molar-refractivity contribution is 0.0937. The summed E-state index contributed by atoms with van der Waals surface area (Å²) in [6.45, 7) is 1.30. The van der Waals surface area contributed by atoms with Gasteiger partial charge in [0, 0.05) is 16.9 Å². The Labute approximate surface area is 199 Å². The first kappa shape index (κ1) is 21.1. The molecule has 1 fully saturated rings. The Bertz CT molecular complexity index is 1410. The summed E-state index contributed by atoms with van der Waals surface area (Å²) in [4.78, 5) is 30.1. The molecule has 1 unspecified atom stereocenters. The second-order valence-electron chi connectivity index (χ2n) is 8.67. The van der Waals surface area contributed by atoms with E-state index in [0.29, 0.717) is 29.1 Å². The van der Waals surface area contributed by atoms with Crippen LogP contribution in [0.1, 0.15) is 41.9 Å². The molecule has 2 aliphatic rings. The number of nitrogens with zero attached hydrogens (tertiary/aromatic N) is 4. The third-order valence-electron chi connectivity index (χ3n) is 6.46. The number of rotatable bonds is 5. The lowest BCUT2D eigenvalue weighted by atomic mass is 9.97. The average Bonchev–Trinajstić information content (AvgIpc) is 3.47. The molecule has 6 rings (SSSR count). The van der Waals surface area contributed by atoms with Crippen molar-refractivity contribution in [3.8, 4) is 0 Å². The quantitative estimate of drug-likeness (QED) is 0.336. The molecule has 2 N–H and O–H groups in total. The van der Waals surface area contributed by atoms with E-state index in [1.54, 1.807) is 11.3 Å². The number of para-hydroxylation sites is 1. The van der Waals surface area contributed by atoms with E-state index in [-0.39, 0.29) is 11.7 Å². The van der Waals surface area contributed by atoms with Gasteiger partial charge in [-0.2, -0.15) is 0 Å². The Morgan fingerprint density at radius 1 is 1.15 bits per heavy atom. The van der Waals surface area contributed by atoms with Gasteiger partial charge in [-0.3, -0.25) is 9.36 Å². The molecule has 7 nitrogen and oxygen atoms in total. The maximum atomic E-state index is 13.7. The van der Waals surface area contributed by atoms with Crippen LogP contribution >= 0.6 is 23.1 Å². The molecule has 1 atom stereocenters. The molecule has 1 aliphatic carbocycles. The number of benzene rings is 1. The topological polar surface area (TPSA) is 95.9 Å². The fourth-order valence-corrected chi connectivity index (χ4v) is 6.99. The van der Waals surface area contributed by atoms with E-state index in [1.807, 2.05) is 28.8 Å². The van der Waals surface area contributed by atoms with Gasteiger partial charge in [0.25, 0.3) is 5.56 Å². The number of ether oxygens (including phenoxy) is 1. The molecule has 0 radical (unpaired) electrons. The van der Waals surface area contributed by atoms with Crippen LogP contribution in [0.15, 0.2) is 34.2 Å². The van der Waals surface area contributed by atoms with Gasteiger partial charge in [0.15, 0.2) is 5.16 Å². The molecule has 1 aliphatic heterocycles. The normalized spacial score (nSPS) is 18.2. The zero-order chi connectivity index (χ0) is 22.4. The molecule has 4 aromatic rings. The van der Waals surface area contributed by atoms with E-state index in [1.165, 1.54) is 28.6 Å². The summed E-state index contributed by atoms with van der Waals surface area (Å²) in [5.41, 5.74) is 8.29. The molecular formula is C24H25N5O2S2. The van der Waals surface area contributed by atoms with Gasteiger partial charge in [0.2, 0.25) is 0 Å². The van der Waals surface area contributed by atoms with Crippen molar-refractivity contribution < 1.29 is 4.74 Å². The Kier molecular flexibility index (Phi) is 5.55. The Morgan fingerprint density at radius 2 is 2.03 bits per heavy atom. The third-order valence-corrected chi connectivity index (χ3v) is 8.62. The van der Waals surface area contributed by atoms with E-state index in [4.69, 9.17) is 15.5 Å². The van der Waals surface area contributed by atoms with E-state index < -0.39 is 0 Å². The highest BCUT2D eigenvalue weighted by molar-refractivity contribution is 7.98. The number of aryl methyl sites for hydroxylation is 2. The molecule has 0 bridgehead atoms. The number of hydrogen-bond acceptors (Lipinski definition) is 8. The van der Waals surface area contributed by atoms with Crippen molar-refractivity contribution in [3.63, 3.8) is 0 Å². The zero-order valence-electron chi connectivity index (χ0n) is 18.2. The van der Waals surface area contributed by atoms with Gasteiger partial charge in [0.05, 0.1) is 29.3 Å². The van der Waals surface area contributed by atoms with Crippen molar-refractivity contribution in [3.05, 3.63) is 50.9 Å². The van der Waals surface area contributed by atoms with Crippen molar-refractivity contribution >= 4 is 50.0 Å². The van der Waals surface area contributed by atoms with Crippen LogP contribution in [0, 0.1) is 0 Å². The van der Waals surface area contributed by atoms with Gasteiger partial charge in [-0.1, -0.05) is 23.9 Å². The van der Waals surface area contributed by atoms with Gasteiger partial charge in [-0.15, -0.1) is 11.3 Å². The standard InChI is InChI=1S/C24H25N5O2S2/c25-21-15-7-1-3-9-17(15)26-19(27-21)13-32-24-28-22-20(16-8-2-4-10-18(16)33-22)23(30)29(24)12-14-6-5-11-31-14/h1,3,7,9,14H,2,4-6,8,10-13H2,(H2,25,26,27). The van der Waals surface area contributed by atoms with E-state index in [0.717, 1.165) is 59.8 Å². The smallest absolute Gasteiger partial charge is 0.263 e. The number of thiophene rings is 1. The maximum absolute atomic E-state index is 13.7. The molecule has 33 heavy (non-hydrogen) atoms. The summed E-state index contributed by atoms with van der Waals surface area (Å²) in [5, 5.41) is 2.38. The summed E-state index contributed by atoms with van der Waals surface area (Å²) in [7, 11) is 0. The predicted octanol–water partition coefficient (Wildman–Crippen LogP) is 4.33. The van der Waals surface area contributed by atoms with Crippen molar-refractivity contribution in [1.82, 2.24) is 19.5 Å². The number of hydrogen-bond donors (Lipinski definition) is 1. The fraction of sp³-hybridized carbons (Fsp3) is 0.417. The summed E-state index contributed by atoms with van der Waals surface area (Å²) in [5.74, 6) is 1.60. The molecule has 1 aromatic carbocycles. The predicted molar refractivity (Wildman–Crippen MR) is 133 cm³/mol. The third kappa shape index (κ3) is 3.92. The van der Waals surface area contributed by atoms with Crippen LogP contribution in [-0.2, 0) is 29.9 Å². The summed E-state index contributed by atoms with van der Waals surface area (Å²) in [6.07, 6.45) is 6.42. The van der Waals surface area contributed by atoms with Crippen LogP contribution in [0.3, 0.4) is 0 Å². The van der Waals surface area contributed by atoms with Gasteiger partial charge >= 0.3 is 0 Å². The van der Waals surface area contributed by atoms with Crippen molar-refractivity contribution in [2.45, 2.75) is 62.1 Å². The van der Waals surface area contributed by atoms with Crippen LogP contribution in [0.5, 0.6) is 0 Å². The molecule has 1 saturated heterocycles. The first-order chi connectivity index (χ1) is 16.2. The number of aromatic nitrogens is 4. The molecule has 0 saturated carbocycles.